The summed E-state index contributed by atoms with van der Waals surface area (Å²) < 4.78 is 7.59. The van der Waals surface area contributed by atoms with Crippen molar-refractivity contribution < 1.29 is 9.53 Å². The van der Waals surface area contributed by atoms with Crippen LogP contribution in [0.25, 0.3) is 0 Å². The molecule has 1 aromatic heterocycles. The number of imidazole rings is 1. The maximum Gasteiger partial charge on any atom is 0.248 e. The Labute approximate surface area is 132 Å². The predicted molar refractivity (Wildman–Crippen MR) is 84.6 cm³/mol. The van der Waals surface area contributed by atoms with Gasteiger partial charge in [-0.1, -0.05) is 6.42 Å². The summed E-state index contributed by atoms with van der Waals surface area (Å²) in [4.78, 5) is 18.7. The molecular formula is C17H27N3O2. The van der Waals surface area contributed by atoms with Gasteiger partial charge in [0.1, 0.15) is 12.4 Å². The standard InChI is InChI=1S/C17H27N3O2/c1-2-22-13-16(21)19-9-4-7-15(12-19)17-18-8-10-20(17)11-14-5-3-6-14/h8,10,14-15H,2-7,9,11-13H2,1H3. The first-order valence-electron chi connectivity index (χ1n) is 8.64. The Balaban J connectivity index is 1.61. The third-order valence-corrected chi connectivity index (χ3v) is 5.00. The molecule has 1 aromatic rings. The number of carbonyl (C=O) groups excluding carboxylic acids is 1. The van der Waals surface area contributed by atoms with Gasteiger partial charge in [0.05, 0.1) is 0 Å². The van der Waals surface area contributed by atoms with Gasteiger partial charge in [-0.15, -0.1) is 0 Å². The normalized spacial score (nSPS) is 22.6. The van der Waals surface area contributed by atoms with Crippen molar-refractivity contribution in [2.24, 2.45) is 5.92 Å². The molecule has 0 aromatic carbocycles. The van der Waals surface area contributed by atoms with Crippen LogP contribution >= 0.6 is 0 Å². The van der Waals surface area contributed by atoms with Crippen LogP contribution in [-0.4, -0.2) is 46.7 Å². The summed E-state index contributed by atoms with van der Waals surface area (Å²) in [6, 6.07) is 0. The summed E-state index contributed by atoms with van der Waals surface area (Å²) in [5.74, 6) is 2.48. The smallest absolute Gasteiger partial charge is 0.248 e. The number of nitrogens with zero attached hydrogens (tertiary/aromatic N) is 3. The van der Waals surface area contributed by atoms with E-state index >= 15 is 0 Å². The highest BCUT2D eigenvalue weighted by Crippen LogP contribution is 2.31. The van der Waals surface area contributed by atoms with E-state index in [4.69, 9.17) is 4.74 Å². The van der Waals surface area contributed by atoms with Crippen molar-refractivity contribution in [1.29, 1.82) is 0 Å². The van der Waals surface area contributed by atoms with Gasteiger partial charge in [-0.05, 0) is 38.5 Å². The first-order valence-corrected chi connectivity index (χ1v) is 8.64. The molecule has 122 valence electrons. The Morgan fingerprint density at radius 3 is 2.95 bits per heavy atom. The molecule has 1 aliphatic carbocycles. The average molecular weight is 305 g/mol. The van der Waals surface area contributed by atoms with Gasteiger partial charge in [0.2, 0.25) is 5.91 Å². The number of piperidine rings is 1. The van der Waals surface area contributed by atoms with E-state index in [1.54, 1.807) is 0 Å². The summed E-state index contributed by atoms with van der Waals surface area (Å²) >= 11 is 0. The topological polar surface area (TPSA) is 47.4 Å². The molecule has 1 unspecified atom stereocenters. The van der Waals surface area contributed by atoms with Crippen molar-refractivity contribution in [2.75, 3.05) is 26.3 Å². The second-order valence-corrected chi connectivity index (χ2v) is 6.55. The van der Waals surface area contributed by atoms with Crippen molar-refractivity contribution >= 4 is 5.91 Å². The summed E-state index contributed by atoms with van der Waals surface area (Å²) in [5, 5.41) is 0. The highest BCUT2D eigenvalue weighted by atomic mass is 16.5. The molecule has 0 bridgehead atoms. The molecule has 1 saturated carbocycles. The Kier molecular flexibility index (Phi) is 5.13. The molecule has 2 fully saturated rings. The number of hydrogen-bond acceptors (Lipinski definition) is 3. The summed E-state index contributed by atoms with van der Waals surface area (Å²) in [6.07, 6.45) is 10.3. The van der Waals surface area contributed by atoms with Crippen LogP contribution < -0.4 is 0 Å². The molecule has 0 N–H and O–H groups in total. The van der Waals surface area contributed by atoms with Gasteiger partial charge in [0, 0.05) is 44.6 Å². The number of rotatable bonds is 6. The number of likely N-dealkylation sites (tertiary alicyclic amines) is 1. The first-order chi connectivity index (χ1) is 10.8. The Morgan fingerprint density at radius 2 is 2.23 bits per heavy atom. The van der Waals surface area contributed by atoms with Crippen LogP contribution in [0.3, 0.4) is 0 Å². The minimum atomic E-state index is 0.114. The monoisotopic (exact) mass is 305 g/mol. The fourth-order valence-corrected chi connectivity index (χ4v) is 3.48. The number of amides is 1. The van der Waals surface area contributed by atoms with E-state index in [1.807, 2.05) is 18.0 Å². The van der Waals surface area contributed by atoms with Crippen LogP contribution in [-0.2, 0) is 16.1 Å². The predicted octanol–water partition coefficient (Wildman–Crippen LogP) is 2.43. The van der Waals surface area contributed by atoms with Crippen molar-refractivity contribution in [3.05, 3.63) is 18.2 Å². The molecule has 22 heavy (non-hydrogen) atoms. The van der Waals surface area contributed by atoms with Gasteiger partial charge in [-0.25, -0.2) is 4.98 Å². The van der Waals surface area contributed by atoms with E-state index in [9.17, 15) is 4.79 Å². The second kappa shape index (κ2) is 7.27. The highest BCUT2D eigenvalue weighted by molar-refractivity contribution is 5.77. The fourth-order valence-electron chi connectivity index (χ4n) is 3.48. The van der Waals surface area contributed by atoms with E-state index in [0.717, 1.165) is 38.4 Å². The lowest BCUT2D eigenvalue weighted by Crippen LogP contribution is -2.41. The number of hydrogen-bond donors (Lipinski definition) is 0. The van der Waals surface area contributed by atoms with Crippen molar-refractivity contribution in [3.8, 4) is 0 Å². The zero-order valence-electron chi connectivity index (χ0n) is 13.5. The third kappa shape index (κ3) is 3.51. The molecule has 2 aliphatic rings. The zero-order chi connectivity index (χ0) is 15.4. The molecule has 1 saturated heterocycles. The van der Waals surface area contributed by atoms with E-state index in [1.165, 1.54) is 25.1 Å². The van der Waals surface area contributed by atoms with Crippen LogP contribution in [0.1, 0.15) is 50.8 Å². The molecule has 0 radical (unpaired) electrons. The molecule has 1 amide bonds. The molecule has 5 heteroatoms. The second-order valence-electron chi connectivity index (χ2n) is 6.55. The lowest BCUT2D eigenvalue weighted by Gasteiger charge is -2.33. The average Bonchev–Trinajstić information content (AvgIpc) is 2.97. The molecule has 1 atom stereocenters. The molecule has 3 rings (SSSR count). The van der Waals surface area contributed by atoms with Crippen molar-refractivity contribution in [1.82, 2.24) is 14.5 Å². The molecule has 1 aliphatic heterocycles. The van der Waals surface area contributed by atoms with E-state index in [2.05, 4.69) is 15.7 Å². The summed E-state index contributed by atoms with van der Waals surface area (Å²) in [7, 11) is 0. The van der Waals surface area contributed by atoms with E-state index in [0.29, 0.717) is 12.5 Å². The number of carbonyl (C=O) groups is 1. The SMILES string of the molecule is CCOCC(=O)N1CCCC(c2nccn2CC2CCC2)C1. The van der Waals surface area contributed by atoms with Gasteiger partial charge in [0.15, 0.2) is 0 Å². The fraction of sp³-hybridized carbons (Fsp3) is 0.765. The lowest BCUT2D eigenvalue weighted by molar-refractivity contribution is -0.137. The Morgan fingerprint density at radius 1 is 1.36 bits per heavy atom. The Hall–Kier alpha value is -1.36. The van der Waals surface area contributed by atoms with Gasteiger partial charge in [-0.3, -0.25) is 4.79 Å². The van der Waals surface area contributed by atoms with Crippen LogP contribution in [0.4, 0.5) is 0 Å². The van der Waals surface area contributed by atoms with E-state index < -0.39 is 0 Å². The molecule has 2 heterocycles. The van der Waals surface area contributed by atoms with Crippen molar-refractivity contribution in [3.63, 3.8) is 0 Å². The minimum Gasteiger partial charge on any atom is -0.372 e. The van der Waals surface area contributed by atoms with Crippen molar-refractivity contribution in [2.45, 2.75) is 51.5 Å². The maximum absolute atomic E-state index is 12.2. The van der Waals surface area contributed by atoms with Gasteiger partial charge in [-0.2, -0.15) is 0 Å². The third-order valence-electron chi connectivity index (χ3n) is 5.00. The lowest BCUT2D eigenvalue weighted by atomic mass is 9.85. The van der Waals surface area contributed by atoms with Gasteiger partial charge in [0.25, 0.3) is 0 Å². The van der Waals surface area contributed by atoms with Crippen LogP contribution in [0.2, 0.25) is 0 Å². The quantitative estimate of drug-likeness (QED) is 0.811. The van der Waals surface area contributed by atoms with Crippen LogP contribution in [0, 0.1) is 5.92 Å². The number of aromatic nitrogens is 2. The Bertz CT molecular complexity index is 496. The van der Waals surface area contributed by atoms with Gasteiger partial charge >= 0.3 is 0 Å². The first kappa shape index (κ1) is 15.5. The highest BCUT2D eigenvalue weighted by Gasteiger charge is 2.28. The van der Waals surface area contributed by atoms with Crippen LogP contribution in [0.5, 0.6) is 0 Å². The summed E-state index contributed by atoms with van der Waals surface area (Å²) in [5.41, 5.74) is 0. The van der Waals surface area contributed by atoms with Crippen LogP contribution in [0.15, 0.2) is 12.4 Å². The van der Waals surface area contributed by atoms with Gasteiger partial charge < -0.3 is 14.2 Å². The summed E-state index contributed by atoms with van der Waals surface area (Å²) in [6.45, 7) is 5.45. The minimum absolute atomic E-state index is 0.114. The van der Waals surface area contributed by atoms with E-state index in [-0.39, 0.29) is 12.5 Å². The molecular weight excluding hydrogens is 278 g/mol. The number of ether oxygens (including phenoxy) is 1. The molecule has 5 nitrogen and oxygen atoms in total. The molecule has 0 spiro atoms. The largest absolute Gasteiger partial charge is 0.372 e. The zero-order valence-corrected chi connectivity index (χ0v) is 13.5. The maximum atomic E-state index is 12.2.